The molecule has 134 valence electrons. The van der Waals surface area contributed by atoms with Gasteiger partial charge in [-0.3, -0.25) is 4.90 Å². The monoisotopic (exact) mass is 350 g/mol. The summed E-state index contributed by atoms with van der Waals surface area (Å²) < 4.78 is 0. The minimum absolute atomic E-state index is 0.306. The lowest BCUT2D eigenvalue weighted by Gasteiger charge is -2.35. The van der Waals surface area contributed by atoms with Crippen LogP contribution in [-0.4, -0.2) is 53.5 Å². The summed E-state index contributed by atoms with van der Waals surface area (Å²) >= 11 is 5.82. The van der Waals surface area contributed by atoms with Gasteiger partial charge in [0.25, 0.3) is 0 Å². The lowest BCUT2D eigenvalue weighted by molar-refractivity contribution is 0.258. The van der Waals surface area contributed by atoms with Gasteiger partial charge in [-0.25, -0.2) is 9.97 Å². The molecular formula is C19H31ClN4. The van der Waals surface area contributed by atoms with Gasteiger partial charge in [-0.2, -0.15) is 0 Å². The second-order valence-electron chi connectivity index (χ2n) is 7.56. The molecule has 2 heterocycles. The van der Waals surface area contributed by atoms with Crippen molar-refractivity contribution in [1.29, 1.82) is 0 Å². The number of nitrogens with zero attached hydrogens (tertiary/aromatic N) is 4. The van der Waals surface area contributed by atoms with Crippen LogP contribution in [0.15, 0.2) is 6.07 Å². The van der Waals surface area contributed by atoms with E-state index in [1.165, 1.54) is 31.4 Å². The van der Waals surface area contributed by atoms with E-state index in [0.717, 1.165) is 63.1 Å². The largest absolute Gasteiger partial charge is 0.354 e. The predicted octanol–water partition coefficient (Wildman–Crippen LogP) is 3.62. The predicted molar refractivity (Wildman–Crippen MR) is 101 cm³/mol. The zero-order chi connectivity index (χ0) is 17.0. The Morgan fingerprint density at radius 3 is 2.50 bits per heavy atom. The Labute approximate surface area is 151 Å². The summed E-state index contributed by atoms with van der Waals surface area (Å²) in [6.07, 6.45) is 6.98. The average Bonchev–Trinajstić information content (AvgIpc) is 3.37. The Morgan fingerprint density at radius 2 is 1.88 bits per heavy atom. The molecule has 0 radical (unpaired) electrons. The smallest absolute Gasteiger partial charge is 0.132 e. The third-order valence-electron chi connectivity index (χ3n) is 5.44. The van der Waals surface area contributed by atoms with E-state index in [2.05, 4.69) is 29.7 Å². The highest BCUT2D eigenvalue weighted by Crippen LogP contribution is 2.47. The van der Waals surface area contributed by atoms with Crippen molar-refractivity contribution >= 4 is 17.4 Å². The van der Waals surface area contributed by atoms with Crippen molar-refractivity contribution in [3.05, 3.63) is 17.6 Å². The van der Waals surface area contributed by atoms with E-state index in [0.29, 0.717) is 5.41 Å². The topological polar surface area (TPSA) is 32.3 Å². The summed E-state index contributed by atoms with van der Waals surface area (Å²) in [7, 11) is 0. The van der Waals surface area contributed by atoms with Crippen molar-refractivity contribution in [1.82, 2.24) is 14.9 Å². The molecule has 4 nitrogen and oxygen atoms in total. The summed E-state index contributed by atoms with van der Waals surface area (Å²) in [5, 5.41) is 0. The molecule has 1 aliphatic carbocycles. The highest BCUT2D eigenvalue weighted by Gasteiger charge is 2.41. The third-order valence-corrected chi connectivity index (χ3v) is 5.70. The molecule has 0 aromatic carbocycles. The Balaban J connectivity index is 1.70. The molecule has 0 bridgehead atoms. The number of piperazine rings is 1. The normalized spacial score (nSPS) is 20.4. The fourth-order valence-electron chi connectivity index (χ4n) is 3.33. The standard InChI is InChI=1S/C19H31ClN4/c1-3-4-6-17-21-16(19(2)7-8-19)15-18(22-17)24-13-11-23(12-14-24)10-5-9-20/h15H,3-14H2,1-2H3. The number of aromatic nitrogens is 2. The van der Waals surface area contributed by atoms with Gasteiger partial charge in [0.05, 0.1) is 5.69 Å². The van der Waals surface area contributed by atoms with Gasteiger partial charge in [-0.05, 0) is 32.2 Å². The molecule has 1 aromatic heterocycles. The number of unbranched alkanes of at least 4 members (excludes halogenated alkanes) is 1. The molecule has 1 saturated heterocycles. The zero-order valence-electron chi connectivity index (χ0n) is 15.2. The molecule has 5 heteroatoms. The number of aryl methyl sites for hydroxylation is 1. The minimum atomic E-state index is 0.306. The lowest BCUT2D eigenvalue weighted by atomic mass is 10.0. The number of halogens is 1. The fourth-order valence-corrected chi connectivity index (χ4v) is 3.45. The van der Waals surface area contributed by atoms with E-state index in [1.54, 1.807) is 0 Å². The molecule has 0 atom stereocenters. The number of hydrogen-bond acceptors (Lipinski definition) is 4. The maximum atomic E-state index is 5.82. The van der Waals surface area contributed by atoms with E-state index < -0.39 is 0 Å². The maximum Gasteiger partial charge on any atom is 0.132 e. The molecule has 1 aromatic rings. The van der Waals surface area contributed by atoms with Crippen LogP contribution in [0.2, 0.25) is 0 Å². The van der Waals surface area contributed by atoms with Crippen molar-refractivity contribution in [3.63, 3.8) is 0 Å². The Morgan fingerprint density at radius 1 is 1.12 bits per heavy atom. The number of rotatable bonds is 8. The highest BCUT2D eigenvalue weighted by molar-refractivity contribution is 6.17. The summed E-state index contributed by atoms with van der Waals surface area (Å²) in [5.74, 6) is 2.95. The van der Waals surface area contributed by atoms with Gasteiger partial charge in [-0.1, -0.05) is 20.3 Å². The van der Waals surface area contributed by atoms with Crippen LogP contribution in [0, 0.1) is 0 Å². The van der Waals surface area contributed by atoms with Gasteiger partial charge < -0.3 is 4.90 Å². The van der Waals surface area contributed by atoms with Gasteiger partial charge >= 0.3 is 0 Å². The van der Waals surface area contributed by atoms with Crippen LogP contribution in [0.1, 0.15) is 57.5 Å². The van der Waals surface area contributed by atoms with E-state index in [9.17, 15) is 0 Å². The van der Waals surface area contributed by atoms with Gasteiger partial charge in [0.15, 0.2) is 0 Å². The molecule has 2 aliphatic rings. The molecule has 3 rings (SSSR count). The average molecular weight is 351 g/mol. The third kappa shape index (κ3) is 4.40. The molecular weight excluding hydrogens is 320 g/mol. The molecule has 0 N–H and O–H groups in total. The summed E-state index contributed by atoms with van der Waals surface area (Å²) in [6, 6.07) is 2.26. The summed E-state index contributed by atoms with van der Waals surface area (Å²) in [5.41, 5.74) is 1.57. The second kappa shape index (κ2) is 8.01. The molecule has 1 saturated carbocycles. The quantitative estimate of drug-likeness (QED) is 0.670. The van der Waals surface area contributed by atoms with Crippen LogP contribution in [0.25, 0.3) is 0 Å². The van der Waals surface area contributed by atoms with Crippen LogP contribution < -0.4 is 4.90 Å². The summed E-state index contributed by atoms with van der Waals surface area (Å²) in [4.78, 5) is 14.8. The molecule has 0 unspecified atom stereocenters. The number of hydrogen-bond donors (Lipinski definition) is 0. The van der Waals surface area contributed by atoms with Crippen molar-refractivity contribution in [2.24, 2.45) is 0 Å². The fraction of sp³-hybridized carbons (Fsp3) is 0.789. The van der Waals surface area contributed by atoms with Crippen LogP contribution in [-0.2, 0) is 11.8 Å². The first-order chi connectivity index (χ1) is 11.6. The van der Waals surface area contributed by atoms with E-state index in [1.807, 2.05) is 0 Å². The van der Waals surface area contributed by atoms with E-state index in [-0.39, 0.29) is 0 Å². The molecule has 24 heavy (non-hydrogen) atoms. The first-order valence-corrected chi connectivity index (χ1v) is 10.1. The Hall–Kier alpha value is -0.870. The second-order valence-corrected chi connectivity index (χ2v) is 7.94. The maximum absolute atomic E-state index is 5.82. The minimum Gasteiger partial charge on any atom is -0.354 e. The lowest BCUT2D eigenvalue weighted by Crippen LogP contribution is -2.47. The van der Waals surface area contributed by atoms with Gasteiger partial charge in [0.1, 0.15) is 11.6 Å². The molecule has 0 amide bonds. The highest BCUT2D eigenvalue weighted by atomic mass is 35.5. The first kappa shape index (κ1) is 17.9. The van der Waals surface area contributed by atoms with Gasteiger partial charge in [0, 0.05) is 50.0 Å². The van der Waals surface area contributed by atoms with Crippen molar-refractivity contribution in [2.75, 3.05) is 43.5 Å². The van der Waals surface area contributed by atoms with Gasteiger partial charge in [-0.15, -0.1) is 11.6 Å². The van der Waals surface area contributed by atoms with Crippen LogP contribution in [0.3, 0.4) is 0 Å². The molecule has 0 spiro atoms. The Bertz CT molecular complexity index is 536. The number of alkyl halides is 1. The van der Waals surface area contributed by atoms with Crippen LogP contribution in [0.5, 0.6) is 0 Å². The van der Waals surface area contributed by atoms with Gasteiger partial charge in [0.2, 0.25) is 0 Å². The SMILES string of the molecule is CCCCc1nc(N2CCN(CCCCl)CC2)cc(C2(C)CC2)n1. The van der Waals surface area contributed by atoms with E-state index >= 15 is 0 Å². The van der Waals surface area contributed by atoms with Crippen LogP contribution >= 0.6 is 11.6 Å². The van der Waals surface area contributed by atoms with E-state index in [4.69, 9.17) is 21.6 Å². The zero-order valence-corrected chi connectivity index (χ0v) is 16.0. The first-order valence-electron chi connectivity index (χ1n) is 9.56. The Kier molecular flexibility index (Phi) is 5.98. The van der Waals surface area contributed by atoms with Crippen LogP contribution in [0.4, 0.5) is 5.82 Å². The summed E-state index contributed by atoms with van der Waals surface area (Å²) in [6.45, 7) is 10.0. The van der Waals surface area contributed by atoms with Crippen molar-refractivity contribution < 1.29 is 0 Å². The van der Waals surface area contributed by atoms with Crippen molar-refractivity contribution in [3.8, 4) is 0 Å². The molecule has 2 fully saturated rings. The molecule has 1 aliphatic heterocycles. The number of anilines is 1. The van der Waals surface area contributed by atoms with Crippen molar-refractivity contribution in [2.45, 2.75) is 57.8 Å².